The van der Waals surface area contributed by atoms with Crippen molar-refractivity contribution in [3.63, 3.8) is 0 Å². The first-order valence-corrected chi connectivity index (χ1v) is 9.84. The van der Waals surface area contributed by atoms with Gasteiger partial charge in [0.1, 0.15) is 11.8 Å². The molecular formula is C20H22N2O3S. The second-order valence-electron chi connectivity index (χ2n) is 5.74. The van der Waals surface area contributed by atoms with E-state index in [1.807, 2.05) is 24.3 Å². The smallest absolute Gasteiger partial charge is 0.218 e. The molecule has 2 rings (SSSR count). The lowest BCUT2D eigenvalue weighted by Crippen LogP contribution is -2.05. The van der Waals surface area contributed by atoms with Gasteiger partial charge in [0.25, 0.3) is 0 Å². The maximum absolute atomic E-state index is 12.6. The van der Waals surface area contributed by atoms with E-state index in [-0.39, 0.29) is 9.80 Å². The lowest BCUT2D eigenvalue weighted by atomic mass is 10.1. The van der Waals surface area contributed by atoms with E-state index in [1.54, 1.807) is 18.2 Å². The van der Waals surface area contributed by atoms with Crippen molar-refractivity contribution in [2.45, 2.75) is 31.1 Å². The minimum absolute atomic E-state index is 0.0443. The molecule has 0 aliphatic rings. The number of aryl methyl sites for hydroxylation is 1. The molecule has 0 spiro atoms. The van der Waals surface area contributed by atoms with Gasteiger partial charge in [0, 0.05) is 11.9 Å². The van der Waals surface area contributed by atoms with Gasteiger partial charge in [-0.05, 0) is 54.8 Å². The third-order valence-corrected chi connectivity index (χ3v) is 5.59. The first-order valence-electron chi connectivity index (χ1n) is 8.36. The Hall–Kier alpha value is -2.78. The molecule has 0 aromatic heterocycles. The highest BCUT2D eigenvalue weighted by Crippen LogP contribution is 2.22. The molecule has 136 valence electrons. The average Bonchev–Trinajstić information content (AvgIpc) is 2.67. The van der Waals surface area contributed by atoms with E-state index < -0.39 is 9.84 Å². The maximum atomic E-state index is 12.6. The molecule has 2 aromatic carbocycles. The molecule has 0 atom stereocenters. The molecule has 0 unspecified atom stereocenters. The van der Waals surface area contributed by atoms with Crippen molar-refractivity contribution in [1.29, 1.82) is 5.26 Å². The third-order valence-electron chi connectivity index (χ3n) is 3.91. The van der Waals surface area contributed by atoms with Crippen LogP contribution in [0, 0.1) is 11.3 Å². The van der Waals surface area contributed by atoms with Gasteiger partial charge in [0.15, 0.2) is 4.91 Å². The number of ether oxygens (including phenoxy) is 1. The standard InChI is InChI=1S/C20H22N2O3S/c1-3-4-5-16-6-8-17(9-7-16)22-15-20(14-21)26(23,24)19-12-10-18(25-2)11-13-19/h6-13,15,22H,3-5H2,1-2H3. The normalized spacial score (nSPS) is 11.7. The molecule has 0 saturated heterocycles. The lowest BCUT2D eigenvalue weighted by molar-refractivity contribution is 0.414. The highest BCUT2D eigenvalue weighted by molar-refractivity contribution is 7.95. The lowest BCUT2D eigenvalue weighted by Gasteiger charge is -2.07. The third kappa shape index (κ3) is 4.87. The monoisotopic (exact) mass is 370 g/mol. The highest BCUT2D eigenvalue weighted by atomic mass is 32.2. The van der Waals surface area contributed by atoms with Gasteiger partial charge in [-0.1, -0.05) is 25.5 Å². The summed E-state index contributed by atoms with van der Waals surface area (Å²) >= 11 is 0. The van der Waals surface area contributed by atoms with Crippen molar-refractivity contribution in [3.8, 4) is 11.8 Å². The summed E-state index contributed by atoms with van der Waals surface area (Å²) in [6.07, 6.45) is 4.51. The van der Waals surface area contributed by atoms with E-state index in [1.165, 1.54) is 31.0 Å². The van der Waals surface area contributed by atoms with Crippen LogP contribution in [0.3, 0.4) is 0 Å². The topological polar surface area (TPSA) is 79.2 Å². The van der Waals surface area contributed by atoms with Gasteiger partial charge in [0.05, 0.1) is 12.0 Å². The summed E-state index contributed by atoms with van der Waals surface area (Å²) in [7, 11) is -2.38. The zero-order chi connectivity index (χ0) is 19.0. The van der Waals surface area contributed by atoms with E-state index >= 15 is 0 Å². The van der Waals surface area contributed by atoms with Crippen LogP contribution in [-0.2, 0) is 16.3 Å². The Kier molecular flexibility index (Phi) is 6.81. The largest absolute Gasteiger partial charge is 0.497 e. The summed E-state index contributed by atoms with van der Waals surface area (Å²) in [6.45, 7) is 2.15. The summed E-state index contributed by atoms with van der Waals surface area (Å²) in [5, 5.41) is 12.2. The predicted octanol–water partition coefficient (Wildman–Crippen LogP) is 4.29. The number of benzene rings is 2. The van der Waals surface area contributed by atoms with Crippen molar-refractivity contribution in [3.05, 3.63) is 65.2 Å². The van der Waals surface area contributed by atoms with E-state index in [4.69, 9.17) is 4.74 Å². The second-order valence-corrected chi connectivity index (χ2v) is 7.66. The van der Waals surface area contributed by atoms with Crippen molar-refractivity contribution >= 4 is 15.5 Å². The van der Waals surface area contributed by atoms with Gasteiger partial charge in [-0.3, -0.25) is 0 Å². The number of nitriles is 1. The van der Waals surface area contributed by atoms with Gasteiger partial charge < -0.3 is 10.1 Å². The molecule has 0 aliphatic carbocycles. The van der Waals surface area contributed by atoms with Gasteiger partial charge in [-0.2, -0.15) is 5.26 Å². The SMILES string of the molecule is CCCCc1ccc(NC=C(C#N)S(=O)(=O)c2ccc(OC)cc2)cc1. The quantitative estimate of drug-likeness (QED) is 0.701. The highest BCUT2D eigenvalue weighted by Gasteiger charge is 2.20. The molecule has 0 fully saturated rings. The number of hydrogen-bond acceptors (Lipinski definition) is 5. The number of sulfone groups is 1. The molecule has 0 amide bonds. The Bertz CT molecular complexity index is 894. The second kappa shape index (κ2) is 9.07. The zero-order valence-electron chi connectivity index (χ0n) is 14.9. The van der Waals surface area contributed by atoms with Crippen LogP contribution >= 0.6 is 0 Å². The Morgan fingerprint density at radius 1 is 1.15 bits per heavy atom. The van der Waals surface area contributed by atoms with Crippen LogP contribution in [0.4, 0.5) is 5.69 Å². The van der Waals surface area contributed by atoms with Crippen molar-refractivity contribution in [2.75, 3.05) is 12.4 Å². The summed E-state index contributed by atoms with van der Waals surface area (Å²) in [6, 6.07) is 15.4. The van der Waals surface area contributed by atoms with E-state index in [0.29, 0.717) is 5.75 Å². The molecule has 0 aliphatic heterocycles. The summed E-state index contributed by atoms with van der Waals surface area (Å²) in [5.74, 6) is 0.549. The molecule has 0 saturated carbocycles. The summed E-state index contributed by atoms with van der Waals surface area (Å²) in [4.78, 5) is -0.305. The van der Waals surface area contributed by atoms with E-state index in [2.05, 4.69) is 12.2 Å². The number of anilines is 1. The maximum Gasteiger partial charge on any atom is 0.218 e. The fraction of sp³-hybridized carbons (Fsp3) is 0.250. The van der Waals surface area contributed by atoms with Crippen LogP contribution in [0.5, 0.6) is 5.75 Å². The number of hydrogen-bond donors (Lipinski definition) is 1. The Morgan fingerprint density at radius 2 is 1.81 bits per heavy atom. The van der Waals surface area contributed by atoms with Gasteiger partial charge >= 0.3 is 0 Å². The van der Waals surface area contributed by atoms with Gasteiger partial charge in [-0.25, -0.2) is 8.42 Å². The fourth-order valence-corrected chi connectivity index (χ4v) is 3.43. The molecule has 0 heterocycles. The number of nitrogens with one attached hydrogen (secondary N) is 1. The van der Waals surface area contributed by atoms with Crippen LogP contribution in [-0.4, -0.2) is 15.5 Å². The zero-order valence-corrected chi connectivity index (χ0v) is 15.7. The van der Waals surface area contributed by atoms with Crippen molar-refractivity contribution in [2.24, 2.45) is 0 Å². The molecule has 2 aromatic rings. The number of allylic oxidation sites excluding steroid dienone is 1. The fourth-order valence-electron chi connectivity index (χ4n) is 2.35. The number of unbranched alkanes of at least 4 members (excludes halogenated alkanes) is 1. The molecule has 0 bridgehead atoms. The Balaban J connectivity index is 2.17. The molecule has 5 nitrogen and oxygen atoms in total. The van der Waals surface area contributed by atoms with Crippen LogP contribution in [0.2, 0.25) is 0 Å². The number of rotatable bonds is 8. The average molecular weight is 370 g/mol. The number of methoxy groups -OCH3 is 1. The van der Waals surface area contributed by atoms with Crippen LogP contribution < -0.4 is 10.1 Å². The minimum atomic E-state index is -3.88. The van der Waals surface area contributed by atoms with E-state index in [0.717, 1.165) is 24.9 Å². The molecule has 1 N–H and O–H groups in total. The van der Waals surface area contributed by atoms with Crippen LogP contribution in [0.1, 0.15) is 25.3 Å². The van der Waals surface area contributed by atoms with Crippen LogP contribution in [0.25, 0.3) is 0 Å². The molecule has 6 heteroatoms. The van der Waals surface area contributed by atoms with E-state index in [9.17, 15) is 13.7 Å². The van der Waals surface area contributed by atoms with Gasteiger partial charge in [0.2, 0.25) is 9.84 Å². The summed E-state index contributed by atoms with van der Waals surface area (Å²) in [5.41, 5.74) is 1.95. The number of nitrogens with zero attached hydrogens (tertiary/aromatic N) is 1. The van der Waals surface area contributed by atoms with Crippen molar-refractivity contribution < 1.29 is 13.2 Å². The van der Waals surface area contributed by atoms with Crippen molar-refractivity contribution in [1.82, 2.24) is 0 Å². The first-order chi connectivity index (χ1) is 12.5. The molecule has 0 radical (unpaired) electrons. The Morgan fingerprint density at radius 3 is 2.35 bits per heavy atom. The molecule has 26 heavy (non-hydrogen) atoms. The Labute approximate surface area is 154 Å². The van der Waals surface area contributed by atoms with Gasteiger partial charge in [-0.15, -0.1) is 0 Å². The first kappa shape index (κ1) is 19.5. The summed E-state index contributed by atoms with van der Waals surface area (Å²) < 4.78 is 30.2. The predicted molar refractivity (Wildman–Crippen MR) is 103 cm³/mol. The van der Waals surface area contributed by atoms with Crippen LogP contribution in [0.15, 0.2) is 64.5 Å². The molecular weight excluding hydrogens is 348 g/mol. The minimum Gasteiger partial charge on any atom is -0.497 e.